The number of aliphatic hydroxyl groups is 3. The van der Waals surface area contributed by atoms with Crippen molar-refractivity contribution < 1.29 is 29.6 Å². The molecule has 3 unspecified atom stereocenters. The van der Waals surface area contributed by atoms with Crippen molar-refractivity contribution in [2.24, 2.45) is 0 Å². The molecule has 0 aliphatic carbocycles. The molecule has 0 aromatic rings. The highest BCUT2D eigenvalue weighted by molar-refractivity contribution is 6.17. The van der Waals surface area contributed by atoms with Crippen LogP contribution < -0.4 is 5.32 Å². The summed E-state index contributed by atoms with van der Waals surface area (Å²) in [6.07, 6.45) is -3.90. The Hall–Kier alpha value is -0.440. The molecular formula is C11H20ClNO6. The fraction of sp³-hybridized carbons (Fsp3) is 0.909. The van der Waals surface area contributed by atoms with Crippen LogP contribution in [0.4, 0.5) is 0 Å². The third kappa shape index (κ3) is 4.55. The molecule has 0 aromatic carbocycles. The molecule has 0 radical (unpaired) electrons. The molecular weight excluding hydrogens is 278 g/mol. The van der Waals surface area contributed by atoms with Crippen LogP contribution in [0.15, 0.2) is 0 Å². The molecule has 0 saturated carbocycles. The zero-order valence-electron chi connectivity index (χ0n) is 10.7. The van der Waals surface area contributed by atoms with Crippen LogP contribution in [0.3, 0.4) is 0 Å². The second-order valence-corrected chi connectivity index (χ2v) is 4.72. The molecule has 1 fully saturated rings. The monoisotopic (exact) mass is 297 g/mol. The normalized spacial score (nSPS) is 35.1. The molecule has 19 heavy (non-hydrogen) atoms. The van der Waals surface area contributed by atoms with Crippen molar-refractivity contribution in [3.63, 3.8) is 0 Å². The summed E-state index contributed by atoms with van der Waals surface area (Å²) in [6.45, 7) is 1.11. The van der Waals surface area contributed by atoms with Crippen LogP contribution in [-0.4, -0.2) is 71.0 Å². The summed E-state index contributed by atoms with van der Waals surface area (Å²) in [7, 11) is 0. The standard InChI is InChI=1S/C11H20ClNO6/c1-6(15)13-8-10(17)9(16)7(5-14)19-11(8)18-4-2-3-12/h7-11,14,16-17H,2-5H2,1H3,(H,13,15)/t7?,8?,9-,10?,11-/m1/s1. The van der Waals surface area contributed by atoms with Crippen LogP contribution in [-0.2, 0) is 14.3 Å². The first-order valence-electron chi connectivity index (χ1n) is 6.08. The summed E-state index contributed by atoms with van der Waals surface area (Å²) in [5.74, 6) is 0.0276. The van der Waals surface area contributed by atoms with E-state index in [1.54, 1.807) is 0 Å². The van der Waals surface area contributed by atoms with Crippen LogP contribution in [0.2, 0.25) is 0 Å². The highest BCUT2D eigenvalue weighted by atomic mass is 35.5. The first-order valence-corrected chi connectivity index (χ1v) is 6.61. The topological polar surface area (TPSA) is 108 Å². The fourth-order valence-corrected chi connectivity index (χ4v) is 1.98. The maximum atomic E-state index is 11.1. The molecule has 1 aliphatic rings. The maximum absolute atomic E-state index is 11.1. The fourth-order valence-electron chi connectivity index (χ4n) is 1.87. The predicted molar refractivity (Wildman–Crippen MR) is 66.7 cm³/mol. The van der Waals surface area contributed by atoms with Gasteiger partial charge in [0.1, 0.15) is 24.4 Å². The molecule has 8 heteroatoms. The van der Waals surface area contributed by atoms with Crippen LogP contribution in [0.1, 0.15) is 13.3 Å². The van der Waals surface area contributed by atoms with Gasteiger partial charge in [-0.2, -0.15) is 0 Å². The second kappa shape index (κ2) is 7.98. The van der Waals surface area contributed by atoms with Gasteiger partial charge in [-0.15, -0.1) is 11.6 Å². The van der Waals surface area contributed by atoms with E-state index in [2.05, 4.69) is 5.32 Å². The summed E-state index contributed by atoms with van der Waals surface area (Å²) in [5.41, 5.74) is 0. The smallest absolute Gasteiger partial charge is 0.217 e. The van der Waals surface area contributed by atoms with Crippen molar-refractivity contribution in [2.75, 3.05) is 19.1 Å². The number of amides is 1. The van der Waals surface area contributed by atoms with Gasteiger partial charge in [0.2, 0.25) is 5.91 Å². The summed E-state index contributed by atoms with van der Waals surface area (Å²) < 4.78 is 10.7. The lowest BCUT2D eigenvalue weighted by Crippen LogP contribution is -2.64. The first-order chi connectivity index (χ1) is 9.01. The SMILES string of the molecule is CC(=O)NC1C(O)[C@H](O)C(CO)O[C@H]1OCCCCl. The first kappa shape index (κ1) is 16.6. The Balaban J connectivity index is 2.71. The van der Waals surface area contributed by atoms with Gasteiger partial charge in [0, 0.05) is 12.8 Å². The lowest BCUT2D eigenvalue weighted by Gasteiger charge is -2.42. The van der Waals surface area contributed by atoms with Crippen molar-refractivity contribution in [2.45, 2.75) is 44.0 Å². The average Bonchev–Trinajstić information content (AvgIpc) is 2.37. The van der Waals surface area contributed by atoms with E-state index in [1.165, 1.54) is 6.92 Å². The molecule has 1 saturated heterocycles. The van der Waals surface area contributed by atoms with Crippen LogP contribution in [0.5, 0.6) is 0 Å². The van der Waals surface area contributed by atoms with Crippen molar-refractivity contribution in [1.29, 1.82) is 0 Å². The zero-order chi connectivity index (χ0) is 14.4. The van der Waals surface area contributed by atoms with Gasteiger partial charge in [0.25, 0.3) is 0 Å². The van der Waals surface area contributed by atoms with Crippen molar-refractivity contribution in [1.82, 2.24) is 5.32 Å². The van der Waals surface area contributed by atoms with E-state index in [0.29, 0.717) is 12.3 Å². The molecule has 4 N–H and O–H groups in total. The number of hydrogen-bond acceptors (Lipinski definition) is 6. The lowest BCUT2D eigenvalue weighted by molar-refractivity contribution is -0.270. The molecule has 0 aromatic heterocycles. The third-order valence-corrected chi connectivity index (χ3v) is 3.08. The zero-order valence-corrected chi connectivity index (χ0v) is 11.4. The van der Waals surface area contributed by atoms with Crippen molar-refractivity contribution in [3.8, 4) is 0 Å². The molecule has 1 amide bonds. The number of rotatable bonds is 6. The minimum atomic E-state index is -1.30. The van der Waals surface area contributed by atoms with Gasteiger partial charge in [0.05, 0.1) is 13.2 Å². The molecule has 1 aliphatic heterocycles. The van der Waals surface area contributed by atoms with E-state index in [0.717, 1.165) is 0 Å². The summed E-state index contributed by atoms with van der Waals surface area (Å²) in [6, 6.07) is -0.898. The number of nitrogens with one attached hydrogen (secondary N) is 1. The van der Waals surface area contributed by atoms with E-state index in [4.69, 9.17) is 26.2 Å². The van der Waals surface area contributed by atoms with Gasteiger partial charge in [-0.1, -0.05) is 0 Å². The Labute approximate surface area is 116 Å². The van der Waals surface area contributed by atoms with Gasteiger partial charge in [-0.05, 0) is 6.42 Å². The Bertz CT molecular complexity index is 292. The number of alkyl halides is 1. The molecule has 112 valence electrons. The molecule has 1 heterocycles. The Morgan fingerprint density at radius 2 is 2.11 bits per heavy atom. The molecule has 0 spiro atoms. The Morgan fingerprint density at radius 1 is 1.42 bits per heavy atom. The van der Waals surface area contributed by atoms with Crippen LogP contribution in [0, 0.1) is 0 Å². The molecule has 1 rings (SSSR count). The minimum Gasteiger partial charge on any atom is -0.394 e. The average molecular weight is 298 g/mol. The minimum absolute atomic E-state index is 0.283. The number of ether oxygens (including phenoxy) is 2. The second-order valence-electron chi connectivity index (χ2n) is 4.35. The maximum Gasteiger partial charge on any atom is 0.217 e. The molecule has 7 nitrogen and oxygen atoms in total. The van der Waals surface area contributed by atoms with Crippen molar-refractivity contribution >= 4 is 17.5 Å². The van der Waals surface area contributed by atoms with E-state index < -0.39 is 37.3 Å². The highest BCUT2D eigenvalue weighted by Crippen LogP contribution is 2.22. The van der Waals surface area contributed by atoms with E-state index >= 15 is 0 Å². The van der Waals surface area contributed by atoms with Crippen LogP contribution in [0.25, 0.3) is 0 Å². The number of halogens is 1. The van der Waals surface area contributed by atoms with E-state index in [-0.39, 0.29) is 12.5 Å². The van der Waals surface area contributed by atoms with E-state index in [1.807, 2.05) is 0 Å². The third-order valence-electron chi connectivity index (χ3n) is 2.81. The summed E-state index contributed by atoms with van der Waals surface area (Å²) in [5, 5.41) is 31.2. The van der Waals surface area contributed by atoms with Crippen LogP contribution >= 0.6 is 11.6 Å². The van der Waals surface area contributed by atoms with Gasteiger partial charge < -0.3 is 30.1 Å². The predicted octanol–water partition coefficient (Wildman–Crippen LogP) is -1.42. The summed E-state index contributed by atoms with van der Waals surface area (Å²) in [4.78, 5) is 11.1. The quantitative estimate of drug-likeness (QED) is 0.354. The largest absolute Gasteiger partial charge is 0.394 e. The highest BCUT2D eigenvalue weighted by Gasteiger charge is 2.45. The Kier molecular flexibility index (Phi) is 6.98. The number of carbonyl (C=O) groups is 1. The molecule has 5 atom stereocenters. The van der Waals surface area contributed by atoms with Gasteiger partial charge in [0.15, 0.2) is 6.29 Å². The van der Waals surface area contributed by atoms with Crippen molar-refractivity contribution in [3.05, 3.63) is 0 Å². The Morgan fingerprint density at radius 3 is 2.63 bits per heavy atom. The number of hydrogen-bond donors (Lipinski definition) is 4. The number of aliphatic hydroxyl groups excluding tert-OH is 3. The van der Waals surface area contributed by atoms with Gasteiger partial charge >= 0.3 is 0 Å². The number of carbonyl (C=O) groups excluding carboxylic acids is 1. The lowest BCUT2D eigenvalue weighted by atomic mass is 9.97. The van der Waals surface area contributed by atoms with E-state index in [9.17, 15) is 15.0 Å². The summed E-state index contributed by atoms with van der Waals surface area (Å²) >= 11 is 5.53. The van der Waals surface area contributed by atoms with Gasteiger partial charge in [-0.3, -0.25) is 4.79 Å². The van der Waals surface area contributed by atoms with Gasteiger partial charge in [-0.25, -0.2) is 0 Å². The molecule has 0 bridgehead atoms.